The summed E-state index contributed by atoms with van der Waals surface area (Å²) in [6.07, 6.45) is 0.398. The molecule has 2 aromatic carbocycles. The molecular formula is C20H21N3O3S. The number of thiazole rings is 1. The highest BCUT2D eigenvalue weighted by Crippen LogP contribution is 2.22. The van der Waals surface area contributed by atoms with E-state index in [2.05, 4.69) is 4.99 Å². The van der Waals surface area contributed by atoms with E-state index >= 15 is 0 Å². The van der Waals surface area contributed by atoms with Crippen molar-refractivity contribution in [3.05, 3.63) is 58.9 Å². The number of aliphatic carboxylic acids is 1. The first-order valence-corrected chi connectivity index (χ1v) is 9.43. The molecule has 1 atom stereocenters. The Labute approximate surface area is 161 Å². The normalized spacial score (nSPS) is 12.9. The maximum atomic E-state index is 12.7. The molecule has 0 saturated carbocycles. The predicted molar refractivity (Wildman–Crippen MR) is 107 cm³/mol. The van der Waals surface area contributed by atoms with Crippen LogP contribution in [0.3, 0.4) is 0 Å². The van der Waals surface area contributed by atoms with Crippen LogP contribution in [0.2, 0.25) is 0 Å². The maximum Gasteiger partial charge on any atom is 0.326 e. The highest BCUT2D eigenvalue weighted by Gasteiger charge is 2.22. The molecule has 1 aromatic heterocycles. The molecule has 0 radical (unpaired) electrons. The monoisotopic (exact) mass is 383 g/mol. The summed E-state index contributed by atoms with van der Waals surface area (Å²) in [5, 5.41) is 9.62. The minimum Gasteiger partial charge on any atom is -0.480 e. The van der Waals surface area contributed by atoms with Crippen LogP contribution in [0.15, 0.2) is 53.5 Å². The van der Waals surface area contributed by atoms with E-state index in [1.54, 1.807) is 16.7 Å². The van der Waals surface area contributed by atoms with Crippen LogP contribution >= 0.6 is 11.3 Å². The van der Waals surface area contributed by atoms with Gasteiger partial charge in [0.25, 0.3) is 5.91 Å². The molecule has 1 amide bonds. The molecule has 1 unspecified atom stereocenters. The van der Waals surface area contributed by atoms with Crippen LogP contribution < -0.4 is 9.70 Å². The Bertz CT molecular complexity index is 1050. The second-order valence-electron chi connectivity index (χ2n) is 6.34. The van der Waals surface area contributed by atoms with E-state index in [1.807, 2.05) is 62.3 Å². The van der Waals surface area contributed by atoms with Crippen molar-refractivity contribution in [3.63, 3.8) is 0 Å². The van der Waals surface area contributed by atoms with E-state index < -0.39 is 12.0 Å². The summed E-state index contributed by atoms with van der Waals surface area (Å²) < 4.78 is 2.54. The number of amides is 1. The lowest BCUT2D eigenvalue weighted by Crippen LogP contribution is -2.27. The van der Waals surface area contributed by atoms with Crippen LogP contribution in [-0.2, 0) is 4.79 Å². The number of para-hydroxylation sites is 1. The number of hydrogen-bond donors (Lipinski definition) is 1. The van der Waals surface area contributed by atoms with Crippen LogP contribution in [0.25, 0.3) is 10.2 Å². The number of carbonyl (C=O) groups excluding carboxylic acids is 1. The van der Waals surface area contributed by atoms with E-state index in [0.29, 0.717) is 16.8 Å². The fourth-order valence-corrected chi connectivity index (χ4v) is 3.96. The van der Waals surface area contributed by atoms with Crippen molar-refractivity contribution >= 4 is 39.1 Å². The van der Waals surface area contributed by atoms with Crippen molar-refractivity contribution in [2.24, 2.45) is 4.99 Å². The van der Waals surface area contributed by atoms with Gasteiger partial charge in [0.05, 0.1) is 10.2 Å². The molecular weight excluding hydrogens is 362 g/mol. The van der Waals surface area contributed by atoms with E-state index in [0.717, 1.165) is 15.9 Å². The maximum absolute atomic E-state index is 12.7. The van der Waals surface area contributed by atoms with E-state index in [9.17, 15) is 14.7 Å². The smallest absolute Gasteiger partial charge is 0.326 e. The summed E-state index contributed by atoms with van der Waals surface area (Å²) in [6.45, 7) is 1.81. The SMILES string of the molecule is CCC(C(=O)O)n1/c(=N/C(=O)c2ccc(N(C)C)cc2)sc2ccccc21. The van der Waals surface area contributed by atoms with Crippen LogP contribution in [0.5, 0.6) is 0 Å². The highest BCUT2D eigenvalue weighted by atomic mass is 32.1. The molecule has 6 nitrogen and oxygen atoms in total. The molecule has 0 spiro atoms. The first-order chi connectivity index (χ1) is 12.9. The van der Waals surface area contributed by atoms with Crippen molar-refractivity contribution in [2.75, 3.05) is 19.0 Å². The molecule has 7 heteroatoms. The van der Waals surface area contributed by atoms with Gasteiger partial charge in [-0.3, -0.25) is 4.79 Å². The summed E-state index contributed by atoms with van der Waals surface area (Å²) in [6, 6.07) is 13.9. The summed E-state index contributed by atoms with van der Waals surface area (Å²) in [5.41, 5.74) is 2.22. The molecule has 0 aliphatic rings. The Morgan fingerprint density at radius 1 is 1.15 bits per heavy atom. The Morgan fingerprint density at radius 2 is 1.81 bits per heavy atom. The quantitative estimate of drug-likeness (QED) is 0.731. The number of rotatable bonds is 5. The van der Waals surface area contributed by atoms with Gasteiger partial charge in [0.15, 0.2) is 4.80 Å². The third-order valence-corrected chi connectivity index (χ3v) is 5.38. The summed E-state index contributed by atoms with van der Waals surface area (Å²) in [7, 11) is 3.86. The minimum absolute atomic E-state index is 0.388. The van der Waals surface area contributed by atoms with Gasteiger partial charge < -0.3 is 14.6 Å². The number of hydrogen-bond acceptors (Lipinski definition) is 4. The molecule has 0 saturated heterocycles. The van der Waals surface area contributed by atoms with Gasteiger partial charge in [-0.05, 0) is 42.8 Å². The topological polar surface area (TPSA) is 74.9 Å². The first kappa shape index (κ1) is 18.8. The van der Waals surface area contributed by atoms with Crippen molar-refractivity contribution in [3.8, 4) is 0 Å². The van der Waals surface area contributed by atoms with Gasteiger partial charge in [-0.1, -0.05) is 30.4 Å². The minimum atomic E-state index is -0.940. The molecule has 1 N–H and O–H groups in total. The highest BCUT2D eigenvalue weighted by molar-refractivity contribution is 7.16. The molecule has 0 aliphatic carbocycles. The largest absolute Gasteiger partial charge is 0.480 e. The summed E-state index contributed by atoms with van der Waals surface area (Å²) in [4.78, 5) is 31.0. The van der Waals surface area contributed by atoms with Crippen molar-refractivity contribution in [1.29, 1.82) is 0 Å². The van der Waals surface area contributed by atoms with Gasteiger partial charge in [0.2, 0.25) is 0 Å². The zero-order valence-corrected chi connectivity index (χ0v) is 16.2. The Hall–Kier alpha value is -2.93. The lowest BCUT2D eigenvalue weighted by atomic mass is 10.2. The molecule has 1 heterocycles. The zero-order valence-electron chi connectivity index (χ0n) is 15.4. The number of anilines is 1. The number of carboxylic acids is 1. The lowest BCUT2D eigenvalue weighted by Gasteiger charge is -2.13. The summed E-state index contributed by atoms with van der Waals surface area (Å²) in [5.74, 6) is -1.33. The number of fused-ring (bicyclic) bond motifs is 1. The van der Waals surface area contributed by atoms with E-state index in [1.165, 1.54) is 11.3 Å². The Morgan fingerprint density at radius 3 is 2.41 bits per heavy atom. The van der Waals surface area contributed by atoms with Crippen molar-refractivity contribution in [1.82, 2.24) is 4.57 Å². The van der Waals surface area contributed by atoms with Crippen LogP contribution in [0, 0.1) is 0 Å². The predicted octanol–water partition coefficient (Wildman–Crippen LogP) is 3.55. The van der Waals surface area contributed by atoms with Gasteiger partial charge >= 0.3 is 5.97 Å². The van der Waals surface area contributed by atoms with Crippen LogP contribution in [0.1, 0.15) is 29.7 Å². The Balaban J connectivity index is 2.12. The number of benzene rings is 2. The van der Waals surface area contributed by atoms with Gasteiger partial charge in [0.1, 0.15) is 6.04 Å². The fraction of sp³-hybridized carbons (Fsp3) is 0.250. The van der Waals surface area contributed by atoms with Gasteiger partial charge in [-0.2, -0.15) is 4.99 Å². The third kappa shape index (κ3) is 3.78. The van der Waals surface area contributed by atoms with Gasteiger partial charge in [-0.25, -0.2) is 4.79 Å². The van der Waals surface area contributed by atoms with Crippen molar-refractivity contribution < 1.29 is 14.7 Å². The third-order valence-electron chi connectivity index (χ3n) is 4.34. The lowest BCUT2D eigenvalue weighted by molar-refractivity contribution is -0.140. The fourth-order valence-electron chi connectivity index (χ4n) is 2.89. The molecule has 0 fully saturated rings. The molecule has 0 aliphatic heterocycles. The van der Waals surface area contributed by atoms with Crippen LogP contribution in [-0.4, -0.2) is 35.6 Å². The zero-order chi connectivity index (χ0) is 19.6. The van der Waals surface area contributed by atoms with Gasteiger partial charge in [-0.15, -0.1) is 0 Å². The van der Waals surface area contributed by atoms with Crippen molar-refractivity contribution in [2.45, 2.75) is 19.4 Å². The number of nitrogens with zero attached hydrogens (tertiary/aromatic N) is 3. The standard InChI is InChI=1S/C20H21N3O3S/c1-4-15(19(25)26)23-16-7-5-6-8-17(16)27-20(23)21-18(24)13-9-11-14(12-10-13)22(2)3/h5-12,15H,4H2,1-3H3,(H,25,26)/b21-20-. The molecule has 3 rings (SSSR count). The summed E-state index contributed by atoms with van der Waals surface area (Å²) >= 11 is 1.32. The average molecular weight is 383 g/mol. The first-order valence-electron chi connectivity index (χ1n) is 8.61. The molecule has 27 heavy (non-hydrogen) atoms. The number of aromatic nitrogens is 1. The van der Waals surface area contributed by atoms with E-state index in [4.69, 9.17) is 0 Å². The van der Waals surface area contributed by atoms with E-state index in [-0.39, 0.29) is 5.91 Å². The molecule has 3 aromatic rings. The van der Waals surface area contributed by atoms with Gasteiger partial charge in [0, 0.05) is 25.3 Å². The second-order valence-corrected chi connectivity index (χ2v) is 7.35. The molecule has 140 valence electrons. The number of carbonyl (C=O) groups is 2. The average Bonchev–Trinajstić information content (AvgIpc) is 3.00. The molecule has 0 bridgehead atoms. The number of carboxylic acid groups (broad SMARTS) is 1. The second kappa shape index (κ2) is 7.75. The van der Waals surface area contributed by atoms with Crippen LogP contribution in [0.4, 0.5) is 5.69 Å². The Kier molecular flexibility index (Phi) is 5.41.